The van der Waals surface area contributed by atoms with E-state index in [-0.39, 0.29) is 22.4 Å². The number of fused-ring (bicyclic) bond motifs is 1. The second-order valence-electron chi connectivity index (χ2n) is 7.18. The van der Waals surface area contributed by atoms with Crippen LogP contribution in [0.5, 0.6) is 0 Å². The van der Waals surface area contributed by atoms with E-state index in [1.54, 1.807) is 23.1 Å². The smallest absolute Gasteiger partial charge is 0.257 e. The van der Waals surface area contributed by atoms with Crippen molar-refractivity contribution in [1.82, 2.24) is 14.3 Å². The predicted molar refractivity (Wildman–Crippen MR) is 108 cm³/mol. The maximum atomic E-state index is 13.1. The van der Waals surface area contributed by atoms with Gasteiger partial charge in [-0.05, 0) is 48.1 Å². The van der Waals surface area contributed by atoms with E-state index >= 15 is 0 Å². The maximum Gasteiger partial charge on any atom is 0.257 e. The Bertz CT molecular complexity index is 1080. The first-order valence-corrected chi connectivity index (χ1v) is 10.2. The van der Waals surface area contributed by atoms with Gasteiger partial charge in [0.05, 0.1) is 16.0 Å². The van der Waals surface area contributed by atoms with Crippen LogP contribution in [-0.2, 0) is 6.42 Å². The average Bonchev–Trinajstić information content (AvgIpc) is 3.11. The number of amides is 1. The molecule has 0 radical (unpaired) electrons. The lowest BCUT2D eigenvalue weighted by Gasteiger charge is -2.38. The zero-order chi connectivity index (χ0) is 20.6. The van der Waals surface area contributed by atoms with E-state index in [1.165, 1.54) is 12.1 Å². The van der Waals surface area contributed by atoms with Crippen LogP contribution in [0.1, 0.15) is 38.4 Å². The molecule has 9 heteroatoms. The lowest BCUT2D eigenvalue weighted by Crippen LogP contribution is -2.47. The third-order valence-electron chi connectivity index (χ3n) is 5.22. The van der Waals surface area contributed by atoms with E-state index in [4.69, 9.17) is 11.6 Å². The van der Waals surface area contributed by atoms with Crippen LogP contribution in [0.3, 0.4) is 0 Å². The van der Waals surface area contributed by atoms with Gasteiger partial charge in [-0.2, -0.15) is 4.37 Å². The highest BCUT2D eigenvalue weighted by Gasteiger charge is 2.35. The fourth-order valence-electron chi connectivity index (χ4n) is 3.56. The molecule has 1 aliphatic heterocycles. The molecule has 1 amide bonds. The molecule has 0 atom stereocenters. The quantitative estimate of drug-likeness (QED) is 0.503. The zero-order valence-corrected chi connectivity index (χ0v) is 16.8. The summed E-state index contributed by atoms with van der Waals surface area (Å²) in [6.07, 6.45) is 1.86. The number of halogens is 2. The Kier molecular flexibility index (Phi) is 5.33. The van der Waals surface area contributed by atoms with E-state index < -0.39 is 5.60 Å². The first-order chi connectivity index (χ1) is 13.9. The lowest BCUT2D eigenvalue weighted by atomic mass is 9.85. The summed E-state index contributed by atoms with van der Waals surface area (Å²) in [7, 11) is 0. The first kappa shape index (κ1) is 19.9. The number of hydrogen-bond acceptors (Lipinski definition) is 6. The summed E-state index contributed by atoms with van der Waals surface area (Å²) in [5.41, 5.74) is 0.442. The Hall–Kier alpha value is -2.42. The van der Waals surface area contributed by atoms with Crippen molar-refractivity contribution >= 4 is 46.4 Å². The van der Waals surface area contributed by atoms with E-state index in [0.717, 1.165) is 17.1 Å². The lowest BCUT2D eigenvalue weighted by molar-refractivity contribution is -0.0162. The molecule has 0 bridgehead atoms. The summed E-state index contributed by atoms with van der Waals surface area (Å²) in [5, 5.41) is 11.4. The topological polar surface area (TPSA) is 83.4 Å². The number of hydrogen-bond donors (Lipinski definition) is 1. The number of aliphatic hydroxyl groups is 1. The van der Waals surface area contributed by atoms with Crippen molar-refractivity contribution in [3.05, 3.63) is 57.3 Å². The van der Waals surface area contributed by atoms with Gasteiger partial charge in [0.1, 0.15) is 11.0 Å². The highest BCUT2D eigenvalue weighted by atomic mass is 35.5. The number of likely N-dealkylation sites (tertiary alicyclic amines) is 1. The molecule has 0 unspecified atom stereocenters. The van der Waals surface area contributed by atoms with Crippen molar-refractivity contribution in [3.63, 3.8) is 0 Å². The maximum absolute atomic E-state index is 13.1. The van der Waals surface area contributed by atoms with Crippen LogP contribution in [0.2, 0.25) is 5.15 Å². The van der Waals surface area contributed by atoms with Gasteiger partial charge in [0, 0.05) is 24.9 Å². The fourth-order valence-corrected chi connectivity index (χ4v) is 4.40. The highest BCUT2D eigenvalue weighted by Crippen LogP contribution is 2.30. The van der Waals surface area contributed by atoms with Crippen LogP contribution < -0.4 is 0 Å². The standard InChI is InChI=1S/C20H17ClFN3O3S/c21-17-15(9-14-16(11-26)29-24-18(14)23-17)19(27)25-7-5-20(28,6-8-25)10-12-1-3-13(22)4-2-12/h1-4,9,11,28H,5-8,10H2. The Morgan fingerprint density at radius 2 is 2.00 bits per heavy atom. The molecule has 0 saturated carbocycles. The number of rotatable bonds is 4. The second-order valence-corrected chi connectivity index (χ2v) is 8.35. The molecule has 1 N–H and O–H groups in total. The van der Waals surface area contributed by atoms with Gasteiger partial charge < -0.3 is 10.0 Å². The largest absolute Gasteiger partial charge is 0.389 e. The van der Waals surface area contributed by atoms with Crippen LogP contribution in [0.25, 0.3) is 11.0 Å². The van der Waals surface area contributed by atoms with Crippen molar-refractivity contribution < 1.29 is 19.1 Å². The summed E-state index contributed by atoms with van der Waals surface area (Å²) < 4.78 is 17.1. The van der Waals surface area contributed by atoms with E-state index in [1.807, 2.05) is 0 Å². The minimum atomic E-state index is -0.956. The molecule has 2 aromatic heterocycles. The van der Waals surface area contributed by atoms with Crippen LogP contribution in [0.4, 0.5) is 4.39 Å². The van der Waals surface area contributed by atoms with Crippen molar-refractivity contribution in [2.75, 3.05) is 13.1 Å². The molecule has 6 nitrogen and oxygen atoms in total. The van der Waals surface area contributed by atoms with Gasteiger partial charge in [-0.3, -0.25) is 9.59 Å². The number of carbonyl (C=O) groups is 2. The zero-order valence-electron chi connectivity index (χ0n) is 15.3. The molecule has 150 valence electrons. The number of piperidine rings is 1. The third-order valence-corrected chi connectivity index (χ3v) is 6.28. The minimum absolute atomic E-state index is 0.0393. The number of pyridine rings is 1. The molecular formula is C20H17ClFN3O3S. The molecule has 0 aliphatic carbocycles. The van der Waals surface area contributed by atoms with Crippen LogP contribution in [0.15, 0.2) is 30.3 Å². The van der Waals surface area contributed by atoms with Gasteiger partial charge in [0.15, 0.2) is 11.9 Å². The summed E-state index contributed by atoms with van der Waals surface area (Å²) in [6, 6.07) is 7.61. The molecule has 4 rings (SSSR count). The predicted octanol–water partition coefficient (Wildman–Crippen LogP) is 3.51. The Morgan fingerprint density at radius 3 is 2.66 bits per heavy atom. The summed E-state index contributed by atoms with van der Waals surface area (Å²) in [4.78, 5) is 30.3. The van der Waals surface area contributed by atoms with Gasteiger partial charge in [0.25, 0.3) is 5.91 Å². The molecule has 3 heterocycles. The van der Waals surface area contributed by atoms with Gasteiger partial charge >= 0.3 is 0 Å². The van der Waals surface area contributed by atoms with Crippen LogP contribution in [0, 0.1) is 5.82 Å². The highest BCUT2D eigenvalue weighted by molar-refractivity contribution is 7.09. The Morgan fingerprint density at radius 1 is 1.31 bits per heavy atom. The number of nitrogens with zero attached hydrogens (tertiary/aromatic N) is 3. The molecule has 1 aromatic carbocycles. The van der Waals surface area contributed by atoms with E-state index in [9.17, 15) is 19.1 Å². The van der Waals surface area contributed by atoms with E-state index in [0.29, 0.717) is 54.5 Å². The molecule has 1 aliphatic rings. The summed E-state index contributed by atoms with van der Waals surface area (Å²) in [5.74, 6) is -0.613. The van der Waals surface area contributed by atoms with Crippen molar-refractivity contribution in [2.45, 2.75) is 24.9 Å². The number of aldehydes is 1. The van der Waals surface area contributed by atoms with E-state index in [2.05, 4.69) is 9.36 Å². The second kappa shape index (κ2) is 7.78. The number of aromatic nitrogens is 2. The number of benzene rings is 1. The Balaban J connectivity index is 1.49. The van der Waals surface area contributed by atoms with Crippen molar-refractivity contribution in [3.8, 4) is 0 Å². The average molecular weight is 434 g/mol. The summed E-state index contributed by atoms with van der Waals surface area (Å²) in [6.45, 7) is 0.709. The van der Waals surface area contributed by atoms with Gasteiger partial charge in [0.2, 0.25) is 0 Å². The van der Waals surface area contributed by atoms with Crippen molar-refractivity contribution in [2.24, 2.45) is 0 Å². The molecule has 1 saturated heterocycles. The number of carbonyl (C=O) groups excluding carboxylic acids is 2. The summed E-state index contributed by atoms with van der Waals surface area (Å²) >= 11 is 7.19. The molecule has 0 spiro atoms. The molecule has 1 fully saturated rings. The molecule has 3 aromatic rings. The SMILES string of the molecule is O=Cc1snc2nc(Cl)c(C(=O)N3CCC(O)(Cc4ccc(F)cc4)CC3)cc12. The Labute approximate surface area is 175 Å². The molecule has 29 heavy (non-hydrogen) atoms. The van der Waals surface area contributed by atoms with Gasteiger partial charge in [-0.25, -0.2) is 9.37 Å². The normalized spacial score (nSPS) is 16.2. The minimum Gasteiger partial charge on any atom is -0.389 e. The van der Waals surface area contributed by atoms with Crippen LogP contribution >= 0.6 is 23.1 Å². The van der Waals surface area contributed by atoms with Crippen molar-refractivity contribution in [1.29, 1.82) is 0 Å². The fraction of sp³-hybridized carbons (Fsp3) is 0.300. The first-order valence-electron chi connectivity index (χ1n) is 9.06. The third kappa shape index (κ3) is 4.01. The molecular weight excluding hydrogens is 417 g/mol. The van der Waals surface area contributed by atoms with Gasteiger partial charge in [-0.15, -0.1) is 0 Å². The monoisotopic (exact) mass is 433 g/mol. The van der Waals surface area contributed by atoms with Gasteiger partial charge in [-0.1, -0.05) is 23.7 Å². The van der Waals surface area contributed by atoms with Crippen LogP contribution in [-0.4, -0.2) is 50.2 Å².